The van der Waals surface area contributed by atoms with Gasteiger partial charge in [-0.15, -0.1) is 0 Å². The molecule has 0 aromatic heterocycles. The molecule has 1 aliphatic heterocycles. The van der Waals surface area contributed by atoms with E-state index < -0.39 is 42.2 Å². The van der Waals surface area contributed by atoms with Crippen molar-refractivity contribution in [2.75, 3.05) is 0 Å². The van der Waals surface area contributed by atoms with Crippen LogP contribution in [0.2, 0.25) is 0 Å². The van der Waals surface area contributed by atoms with E-state index in [0.717, 1.165) is 18.8 Å². The van der Waals surface area contributed by atoms with Crippen LogP contribution in [-0.2, 0) is 20.7 Å². The number of ether oxygens (including phenoxy) is 3. The molecule has 10 nitrogen and oxygen atoms in total. The first kappa shape index (κ1) is 30.8. The predicted octanol–water partition coefficient (Wildman–Crippen LogP) is -1.66. The normalized spacial score (nSPS) is 20.1. The molecule has 1 heterocycles. The van der Waals surface area contributed by atoms with E-state index in [0.29, 0.717) is 15.1 Å². The third-order valence-electron chi connectivity index (χ3n) is 4.59. The van der Waals surface area contributed by atoms with Crippen molar-refractivity contribution in [1.29, 1.82) is 0 Å². The zero-order valence-electron chi connectivity index (χ0n) is 18.0. The molecular formula is C21H17I3NNaO9. The van der Waals surface area contributed by atoms with Gasteiger partial charge in [0.15, 0.2) is 11.9 Å². The fourth-order valence-electron chi connectivity index (χ4n) is 2.91. The number of hydrogen-bond acceptors (Lipinski definition) is 9. The molecule has 1 aliphatic rings. The van der Waals surface area contributed by atoms with Gasteiger partial charge in [-0.2, -0.15) is 0 Å². The maximum absolute atomic E-state index is 11.0. The number of aliphatic hydroxyl groups excluding tert-OH is 2. The molecule has 3 rings (SSSR count). The van der Waals surface area contributed by atoms with E-state index in [4.69, 9.17) is 25.1 Å². The van der Waals surface area contributed by atoms with Crippen LogP contribution in [0.4, 0.5) is 0 Å². The molecule has 14 heteroatoms. The second-order valence-corrected chi connectivity index (χ2v) is 10.6. The summed E-state index contributed by atoms with van der Waals surface area (Å²) in [4.78, 5) is 22.1. The van der Waals surface area contributed by atoms with Gasteiger partial charge in [0, 0.05) is 0 Å². The Morgan fingerprint density at radius 1 is 1.11 bits per heavy atom. The number of aliphatic carboxylic acids is 2. The maximum atomic E-state index is 11.0. The van der Waals surface area contributed by atoms with Crippen molar-refractivity contribution in [3.63, 3.8) is 0 Å². The predicted molar refractivity (Wildman–Crippen MR) is 141 cm³/mol. The molecule has 0 saturated carbocycles. The van der Waals surface area contributed by atoms with E-state index in [-0.39, 0.29) is 41.7 Å². The second-order valence-electron chi connectivity index (χ2n) is 7.14. The Morgan fingerprint density at radius 3 is 2.29 bits per heavy atom. The first-order chi connectivity index (χ1) is 16.0. The number of carboxylic acid groups (broad SMARTS) is 2. The van der Waals surface area contributed by atoms with Crippen molar-refractivity contribution in [3.8, 4) is 17.2 Å². The molecule has 35 heavy (non-hydrogen) atoms. The molecule has 4 atom stereocenters. The van der Waals surface area contributed by atoms with Crippen molar-refractivity contribution in [2.24, 2.45) is 5.73 Å². The summed E-state index contributed by atoms with van der Waals surface area (Å²) in [5.41, 5.74) is 6.40. The Labute approximate surface area is 262 Å². The Balaban J connectivity index is 0.00000432. The number of hydrogen-bond donors (Lipinski definition) is 4. The number of benzene rings is 2. The van der Waals surface area contributed by atoms with Crippen LogP contribution in [0.3, 0.4) is 0 Å². The molecule has 0 radical (unpaired) electrons. The molecule has 0 bridgehead atoms. The van der Waals surface area contributed by atoms with Crippen molar-refractivity contribution < 1.29 is 73.8 Å². The van der Waals surface area contributed by atoms with Gasteiger partial charge >= 0.3 is 35.5 Å². The number of carbonyl (C=O) groups excluding carboxylic acids is 1. The van der Waals surface area contributed by atoms with Gasteiger partial charge in [-0.05, 0) is 116 Å². The smallest absolute Gasteiger partial charge is 0.542 e. The van der Waals surface area contributed by atoms with Gasteiger partial charge < -0.3 is 45.2 Å². The summed E-state index contributed by atoms with van der Waals surface area (Å²) in [7, 11) is 0. The number of carbonyl (C=O) groups is 2. The summed E-state index contributed by atoms with van der Waals surface area (Å²) < 4.78 is 18.8. The maximum Gasteiger partial charge on any atom is 1.00 e. The van der Waals surface area contributed by atoms with E-state index in [2.05, 4.69) is 45.2 Å². The van der Waals surface area contributed by atoms with Gasteiger partial charge in [-0.3, -0.25) is 4.79 Å². The third kappa shape index (κ3) is 8.03. The number of nitrogens with two attached hydrogens (primary N) is 1. The van der Waals surface area contributed by atoms with Gasteiger partial charge in [0.1, 0.15) is 35.4 Å². The summed E-state index contributed by atoms with van der Waals surface area (Å²) in [6.45, 7) is 0. The molecule has 0 amide bonds. The number of rotatable bonds is 8. The number of carboxylic acids is 2. The first-order valence-electron chi connectivity index (χ1n) is 9.52. The average Bonchev–Trinajstić information content (AvgIpc) is 2.75. The summed E-state index contributed by atoms with van der Waals surface area (Å²) in [5.74, 6) is -2.02. The van der Waals surface area contributed by atoms with Gasteiger partial charge in [0.2, 0.25) is 0 Å². The largest absolute Gasteiger partial charge is 1.00 e. The van der Waals surface area contributed by atoms with Crippen LogP contribution in [-0.4, -0.2) is 51.8 Å². The molecule has 2 aromatic rings. The summed E-state index contributed by atoms with van der Waals surface area (Å²) in [6.07, 6.45) is -3.44. The van der Waals surface area contributed by atoms with Crippen molar-refractivity contribution in [2.45, 2.75) is 31.0 Å². The minimum atomic E-state index is -1.64. The summed E-state index contributed by atoms with van der Waals surface area (Å²) in [5, 5.41) is 40.0. The molecule has 0 fully saturated rings. The van der Waals surface area contributed by atoms with E-state index >= 15 is 0 Å². The van der Waals surface area contributed by atoms with Gasteiger partial charge in [0.05, 0.1) is 10.7 Å². The van der Waals surface area contributed by atoms with Crippen LogP contribution in [0.1, 0.15) is 5.56 Å². The zero-order valence-corrected chi connectivity index (χ0v) is 26.5. The van der Waals surface area contributed by atoms with Crippen LogP contribution in [0.25, 0.3) is 0 Å². The van der Waals surface area contributed by atoms with Crippen LogP contribution in [0.5, 0.6) is 17.2 Å². The standard InChI is InChI=1S/C21H18I3NO9.Na/c22-10-6-9(32-18-11(23)3-8(4-12(18)24)5-13(25)19(28)29)1-2-15(10)33-21-17(27)14(26)7-16(34-21)20(30)31;/h1-4,6-7,13-14,17,21,26-27H,5,25H2,(H,28,29)(H,30,31);/q;+1/p-1. The van der Waals surface area contributed by atoms with E-state index in [9.17, 15) is 24.9 Å². The summed E-state index contributed by atoms with van der Waals surface area (Å²) >= 11 is 6.17. The Morgan fingerprint density at radius 2 is 1.74 bits per heavy atom. The zero-order chi connectivity index (χ0) is 25.2. The van der Waals surface area contributed by atoms with Crippen molar-refractivity contribution >= 4 is 79.7 Å². The molecule has 2 aromatic carbocycles. The Bertz CT molecular complexity index is 1120. The van der Waals surface area contributed by atoms with Crippen LogP contribution in [0, 0.1) is 10.7 Å². The van der Waals surface area contributed by atoms with Gasteiger partial charge in [0.25, 0.3) is 6.29 Å². The van der Waals surface area contributed by atoms with Crippen molar-refractivity contribution in [3.05, 3.63) is 58.4 Å². The minimum Gasteiger partial charge on any atom is -0.542 e. The minimum absolute atomic E-state index is 0. The van der Waals surface area contributed by atoms with E-state index in [1.807, 2.05) is 22.6 Å². The molecule has 5 N–H and O–H groups in total. The second kappa shape index (κ2) is 13.4. The third-order valence-corrected chi connectivity index (χ3v) is 7.04. The van der Waals surface area contributed by atoms with Gasteiger partial charge in [-0.25, -0.2) is 0 Å². The summed E-state index contributed by atoms with van der Waals surface area (Å²) in [6, 6.07) is 7.43. The monoisotopic (exact) mass is 831 g/mol. The Kier molecular flexibility index (Phi) is 11.8. The Hall–Kier alpha value is -0.410. The topological polar surface area (TPSA) is 172 Å². The SMILES string of the molecule is NC(Cc1cc(I)c(Oc2ccc(OC3OC(C(=O)[O-])=CC(O)C3O)c(I)c2)c(I)c1)C(=O)O.[Na+]. The molecule has 0 aliphatic carbocycles. The molecular weight excluding hydrogens is 814 g/mol. The molecule has 0 saturated heterocycles. The fourth-order valence-corrected chi connectivity index (χ4v) is 5.64. The molecule has 182 valence electrons. The van der Waals surface area contributed by atoms with E-state index in [1.165, 1.54) is 0 Å². The van der Waals surface area contributed by atoms with Crippen molar-refractivity contribution in [1.82, 2.24) is 0 Å². The molecule has 0 spiro atoms. The fraction of sp³-hybridized carbons (Fsp3) is 0.238. The van der Waals surface area contributed by atoms with Crippen LogP contribution >= 0.6 is 67.8 Å². The van der Waals surface area contributed by atoms with Crippen LogP contribution in [0.15, 0.2) is 42.2 Å². The van der Waals surface area contributed by atoms with Crippen LogP contribution < -0.4 is 49.9 Å². The first-order valence-corrected chi connectivity index (χ1v) is 12.8. The quantitative estimate of drug-likeness (QED) is 0.179. The average molecular weight is 831 g/mol. The molecule has 4 unspecified atom stereocenters. The number of halogens is 3. The van der Waals surface area contributed by atoms with Gasteiger partial charge in [-0.1, -0.05) is 0 Å². The van der Waals surface area contributed by atoms with E-state index in [1.54, 1.807) is 30.3 Å². The number of aliphatic hydroxyl groups is 2.